The number of para-hydroxylation sites is 1. The molecule has 2 heterocycles. The molecule has 0 N–H and O–H groups in total. The maximum atomic E-state index is 12.3. The van der Waals surface area contributed by atoms with Crippen molar-refractivity contribution >= 4 is 28.4 Å². The lowest BCUT2D eigenvalue weighted by Gasteiger charge is -2.05. The van der Waals surface area contributed by atoms with Gasteiger partial charge in [0.2, 0.25) is 5.43 Å². The molecule has 0 bridgehead atoms. The fourth-order valence-electron chi connectivity index (χ4n) is 1.93. The molecule has 0 amide bonds. The third-order valence-electron chi connectivity index (χ3n) is 2.78. The van der Waals surface area contributed by atoms with Crippen LogP contribution in [-0.2, 0) is 0 Å². The minimum absolute atomic E-state index is 0.0322. The van der Waals surface area contributed by atoms with Gasteiger partial charge < -0.3 is 4.42 Å². The Kier molecular flexibility index (Phi) is 2.61. The Morgan fingerprint density at radius 3 is 2.72 bits per heavy atom. The van der Waals surface area contributed by atoms with Crippen LogP contribution in [0.25, 0.3) is 27.7 Å². The van der Waals surface area contributed by atoms with Crippen molar-refractivity contribution in [3.63, 3.8) is 0 Å². The normalized spacial score (nSPS) is 10.7. The summed E-state index contributed by atoms with van der Waals surface area (Å²) in [6.45, 7) is 3.71. The summed E-state index contributed by atoms with van der Waals surface area (Å²) >= 11 is 1.54. The van der Waals surface area contributed by atoms with Crippen LogP contribution < -0.4 is 5.43 Å². The summed E-state index contributed by atoms with van der Waals surface area (Å²) in [5, 5.41) is 2.55. The van der Waals surface area contributed by atoms with Gasteiger partial charge >= 0.3 is 0 Å². The molecule has 0 aliphatic rings. The van der Waals surface area contributed by atoms with Crippen LogP contribution in [0, 0.1) is 0 Å². The molecule has 0 unspecified atom stereocenters. The number of benzene rings is 1. The van der Waals surface area contributed by atoms with E-state index < -0.39 is 0 Å². The Balaban J connectivity index is 2.45. The zero-order valence-corrected chi connectivity index (χ0v) is 10.4. The van der Waals surface area contributed by atoms with Gasteiger partial charge in [-0.25, -0.2) is 0 Å². The Bertz CT molecular complexity index is 767. The van der Waals surface area contributed by atoms with Crippen molar-refractivity contribution in [3.8, 4) is 10.6 Å². The van der Waals surface area contributed by atoms with Gasteiger partial charge in [-0.3, -0.25) is 4.79 Å². The highest BCUT2D eigenvalue weighted by molar-refractivity contribution is 7.13. The van der Waals surface area contributed by atoms with Crippen molar-refractivity contribution in [1.29, 1.82) is 0 Å². The van der Waals surface area contributed by atoms with Crippen LogP contribution in [0.4, 0.5) is 0 Å². The molecule has 0 aliphatic carbocycles. The van der Waals surface area contributed by atoms with E-state index in [9.17, 15) is 4.79 Å². The highest BCUT2D eigenvalue weighted by atomic mass is 32.1. The second-order valence-corrected chi connectivity index (χ2v) is 4.80. The van der Waals surface area contributed by atoms with E-state index >= 15 is 0 Å². The fourth-order valence-corrected chi connectivity index (χ4v) is 2.65. The first kappa shape index (κ1) is 11.0. The monoisotopic (exact) mass is 254 g/mol. The summed E-state index contributed by atoms with van der Waals surface area (Å²) in [5.41, 5.74) is 1.10. The topological polar surface area (TPSA) is 30.2 Å². The van der Waals surface area contributed by atoms with E-state index in [2.05, 4.69) is 6.58 Å². The molecule has 0 aliphatic heterocycles. The minimum Gasteiger partial charge on any atom is -0.454 e. The highest BCUT2D eigenvalue weighted by Crippen LogP contribution is 2.29. The molecule has 3 heteroatoms. The first-order chi connectivity index (χ1) is 8.81. The van der Waals surface area contributed by atoms with E-state index in [1.807, 2.05) is 29.6 Å². The summed E-state index contributed by atoms with van der Waals surface area (Å²) in [7, 11) is 0. The minimum atomic E-state index is -0.0322. The molecular weight excluding hydrogens is 244 g/mol. The van der Waals surface area contributed by atoms with Crippen LogP contribution in [0.2, 0.25) is 0 Å². The Morgan fingerprint density at radius 2 is 2.00 bits per heavy atom. The van der Waals surface area contributed by atoms with Crippen molar-refractivity contribution in [3.05, 3.63) is 64.1 Å². The predicted molar refractivity (Wildman–Crippen MR) is 75.9 cm³/mol. The predicted octanol–water partition coefficient (Wildman–Crippen LogP) is 4.16. The van der Waals surface area contributed by atoms with E-state index in [-0.39, 0.29) is 5.43 Å². The Hall–Kier alpha value is -2.13. The van der Waals surface area contributed by atoms with E-state index in [0.29, 0.717) is 22.3 Å². The van der Waals surface area contributed by atoms with Crippen LogP contribution in [-0.4, -0.2) is 0 Å². The second kappa shape index (κ2) is 4.27. The fraction of sp³-hybridized carbons (Fsp3) is 0. The molecule has 18 heavy (non-hydrogen) atoms. The highest BCUT2D eigenvalue weighted by Gasteiger charge is 2.13. The number of hydrogen-bond acceptors (Lipinski definition) is 3. The Morgan fingerprint density at radius 1 is 1.17 bits per heavy atom. The average molecular weight is 254 g/mol. The van der Waals surface area contributed by atoms with E-state index in [1.54, 1.807) is 29.5 Å². The first-order valence-electron chi connectivity index (χ1n) is 5.53. The molecular formula is C15H10O2S. The van der Waals surface area contributed by atoms with Gasteiger partial charge in [0.05, 0.1) is 15.8 Å². The number of rotatable bonds is 2. The smallest absolute Gasteiger partial charge is 0.200 e. The molecule has 0 fully saturated rings. The number of fused-ring (bicyclic) bond motifs is 1. The molecule has 3 rings (SSSR count). The number of thiophene rings is 1. The molecule has 0 saturated heterocycles. The third-order valence-corrected chi connectivity index (χ3v) is 3.65. The van der Waals surface area contributed by atoms with Crippen molar-refractivity contribution in [2.24, 2.45) is 0 Å². The van der Waals surface area contributed by atoms with Crippen molar-refractivity contribution in [1.82, 2.24) is 0 Å². The lowest BCUT2D eigenvalue weighted by Crippen LogP contribution is -2.06. The van der Waals surface area contributed by atoms with Gasteiger partial charge in [0, 0.05) is 0 Å². The second-order valence-electron chi connectivity index (χ2n) is 3.85. The van der Waals surface area contributed by atoms with Crippen molar-refractivity contribution < 1.29 is 4.42 Å². The van der Waals surface area contributed by atoms with Crippen LogP contribution in [0.1, 0.15) is 5.56 Å². The lowest BCUT2D eigenvalue weighted by molar-refractivity contribution is 0.619. The number of hydrogen-bond donors (Lipinski definition) is 0. The largest absolute Gasteiger partial charge is 0.454 e. The molecule has 0 radical (unpaired) electrons. The van der Waals surface area contributed by atoms with Crippen molar-refractivity contribution in [2.45, 2.75) is 0 Å². The molecule has 2 nitrogen and oxygen atoms in total. The van der Waals surface area contributed by atoms with Gasteiger partial charge in [0.1, 0.15) is 5.58 Å². The molecule has 0 saturated carbocycles. The summed E-state index contributed by atoms with van der Waals surface area (Å²) in [6, 6.07) is 11.1. The van der Waals surface area contributed by atoms with Crippen LogP contribution in [0.3, 0.4) is 0 Å². The van der Waals surface area contributed by atoms with Crippen LogP contribution in [0.15, 0.2) is 57.6 Å². The van der Waals surface area contributed by atoms with Crippen LogP contribution in [0.5, 0.6) is 0 Å². The van der Waals surface area contributed by atoms with Gasteiger partial charge in [0.25, 0.3) is 0 Å². The quantitative estimate of drug-likeness (QED) is 0.687. The van der Waals surface area contributed by atoms with Gasteiger partial charge in [-0.2, -0.15) is 0 Å². The zero-order valence-electron chi connectivity index (χ0n) is 9.55. The van der Waals surface area contributed by atoms with Gasteiger partial charge in [0.15, 0.2) is 5.76 Å². The first-order valence-corrected chi connectivity index (χ1v) is 6.41. The Labute approximate surface area is 108 Å². The molecule has 0 spiro atoms. The standard InChI is InChI=1S/C15H10O2S/c1-2-10-14(16)11-6-3-4-7-12(11)17-15(10)13-8-5-9-18-13/h2-9H,1H2. The summed E-state index contributed by atoms with van der Waals surface area (Å²) in [5.74, 6) is 0.601. The van der Waals surface area contributed by atoms with E-state index in [0.717, 1.165) is 4.88 Å². The zero-order chi connectivity index (χ0) is 12.5. The van der Waals surface area contributed by atoms with Gasteiger partial charge in [-0.15, -0.1) is 11.3 Å². The lowest BCUT2D eigenvalue weighted by atomic mass is 10.1. The maximum Gasteiger partial charge on any atom is 0.200 e. The average Bonchev–Trinajstić information content (AvgIpc) is 2.92. The van der Waals surface area contributed by atoms with Gasteiger partial charge in [-0.1, -0.05) is 30.9 Å². The van der Waals surface area contributed by atoms with E-state index in [4.69, 9.17) is 4.42 Å². The summed E-state index contributed by atoms with van der Waals surface area (Å²) in [4.78, 5) is 13.3. The van der Waals surface area contributed by atoms with Gasteiger partial charge in [-0.05, 0) is 23.6 Å². The van der Waals surface area contributed by atoms with E-state index in [1.165, 1.54) is 0 Å². The molecule has 88 valence electrons. The molecule has 1 aromatic carbocycles. The SMILES string of the molecule is C=Cc1c(-c2cccs2)oc2ccccc2c1=O. The van der Waals surface area contributed by atoms with Crippen molar-refractivity contribution in [2.75, 3.05) is 0 Å². The summed E-state index contributed by atoms with van der Waals surface area (Å²) < 4.78 is 5.85. The summed E-state index contributed by atoms with van der Waals surface area (Å²) in [6.07, 6.45) is 1.56. The third kappa shape index (κ3) is 1.60. The maximum absolute atomic E-state index is 12.3. The molecule has 0 atom stereocenters. The van der Waals surface area contributed by atoms with Crippen LogP contribution >= 0.6 is 11.3 Å². The molecule has 3 aromatic rings. The molecule has 2 aromatic heterocycles.